The number of hydrogen-bond donors (Lipinski definition) is 1. The zero-order valence-corrected chi connectivity index (χ0v) is 22.0. The molecule has 0 fully saturated rings. The maximum Gasteiger partial charge on any atom is 0.244 e. The predicted molar refractivity (Wildman–Crippen MR) is 141 cm³/mol. The van der Waals surface area contributed by atoms with Crippen LogP contribution in [0.4, 0.5) is 5.69 Å². The average molecular weight is 495 g/mol. The van der Waals surface area contributed by atoms with Crippen molar-refractivity contribution in [2.45, 2.75) is 52.1 Å². The number of sulfonamides is 1. The molecule has 0 spiro atoms. The van der Waals surface area contributed by atoms with Crippen LogP contribution in [-0.2, 0) is 20.2 Å². The van der Waals surface area contributed by atoms with Crippen molar-refractivity contribution in [3.05, 3.63) is 90.0 Å². The molecule has 2 atom stereocenters. The molecule has 0 aliphatic heterocycles. The number of amides is 1. The van der Waals surface area contributed by atoms with Gasteiger partial charge in [0, 0.05) is 0 Å². The summed E-state index contributed by atoms with van der Waals surface area (Å²) in [5, 5.41) is 2.95. The van der Waals surface area contributed by atoms with Gasteiger partial charge in [0.05, 0.1) is 18.0 Å². The molecule has 0 bridgehead atoms. The molecule has 1 N–H and O–H groups in total. The number of anilines is 1. The number of ether oxygens (including phenoxy) is 1. The standard InChI is InChI=1S/C28H34N2O4S/c1-20(22-12-14-23(15-13-22)28(3,4)5)29-27(31)21(2)30(35(6,32)33)24-16-18-26(19-17-24)34-25-10-8-7-9-11-25/h7-21H,1-6H3,(H,29,31)/t20-,21+/m0/s1. The van der Waals surface area contributed by atoms with E-state index in [-0.39, 0.29) is 17.4 Å². The first-order chi connectivity index (χ1) is 16.4. The first-order valence-electron chi connectivity index (χ1n) is 11.6. The van der Waals surface area contributed by atoms with Crippen LogP contribution in [0.2, 0.25) is 0 Å². The molecular formula is C28H34N2O4S. The van der Waals surface area contributed by atoms with Gasteiger partial charge in [0.2, 0.25) is 15.9 Å². The number of nitrogens with one attached hydrogen (secondary N) is 1. The second kappa shape index (κ2) is 10.5. The highest BCUT2D eigenvalue weighted by Gasteiger charge is 2.30. The topological polar surface area (TPSA) is 75.7 Å². The zero-order chi connectivity index (χ0) is 25.8. The Bertz CT molecular complexity index is 1230. The quantitative estimate of drug-likeness (QED) is 0.429. The molecule has 3 aromatic rings. The van der Waals surface area contributed by atoms with Crippen LogP contribution in [0.15, 0.2) is 78.9 Å². The summed E-state index contributed by atoms with van der Waals surface area (Å²) >= 11 is 0. The van der Waals surface area contributed by atoms with E-state index in [0.29, 0.717) is 17.2 Å². The van der Waals surface area contributed by atoms with E-state index in [1.165, 1.54) is 5.56 Å². The molecule has 3 rings (SSSR count). The summed E-state index contributed by atoms with van der Waals surface area (Å²) in [6.45, 7) is 9.91. The van der Waals surface area contributed by atoms with E-state index in [0.717, 1.165) is 16.1 Å². The average Bonchev–Trinajstić information content (AvgIpc) is 2.79. The first-order valence-corrected chi connectivity index (χ1v) is 13.4. The van der Waals surface area contributed by atoms with Crippen molar-refractivity contribution < 1.29 is 17.9 Å². The van der Waals surface area contributed by atoms with Crippen LogP contribution in [-0.4, -0.2) is 26.6 Å². The van der Waals surface area contributed by atoms with Gasteiger partial charge in [0.1, 0.15) is 17.5 Å². The number of benzene rings is 3. The van der Waals surface area contributed by atoms with E-state index in [4.69, 9.17) is 4.74 Å². The lowest BCUT2D eigenvalue weighted by molar-refractivity contribution is -0.122. The molecule has 0 saturated heterocycles. The minimum Gasteiger partial charge on any atom is -0.457 e. The monoisotopic (exact) mass is 494 g/mol. The fourth-order valence-electron chi connectivity index (χ4n) is 3.78. The smallest absolute Gasteiger partial charge is 0.244 e. The molecule has 0 unspecified atom stereocenters. The number of carbonyl (C=O) groups excluding carboxylic acids is 1. The SMILES string of the molecule is C[C@H](NC(=O)[C@@H](C)N(c1ccc(Oc2ccccc2)cc1)S(C)(=O)=O)c1ccc(C(C)(C)C)cc1. The van der Waals surface area contributed by atoms with Gasteiger partial charge in [-0.2, -0.15) is 0 Å². The highest BCUT2D eigenvalue weighted by Crippen LogP contribution is 2.28. The maximum atomic E-state index is 13.1. The molecule has 0 aromatic heterocycles. The maximum absolute atomic E-state index is 13.1. The van der Waals surface area contributed by atoms with Crippen LogP contribution < -0.4 is 14.4 Å². The lowest BCUT2D eigenvalue weighted by atomic mass is 9.86. The molecule has 35 heavy (non-hydrogen) atoms. The summed E-state index contributed by atoms with van der Waals surface area (Å²) in [7, 11) is -3.72. The Kier molecular flexibility index (Phi) is 7.90. The Morgan fingerprint density at radius 2 is 1.40 bits per heavy atom. The Hall–Kier alpha value is -3.32. The summed E-state index contributed by atoms with van der Waals surface area (Å²) in [6.07, 6.45) is 1.10. The highest BCUT2D eigenvalue weighted by atomic mass is 32.2. The fraction of sp³-hybridized carbons (Fsp3) is 0.321. The summed E-state index contributed by atoms with van der Waals surface area (Å²) in [5.41, 5.74) is 2.58. The fourth-order valence-corrected chi connectivity index (χ4v) is 4.96. The minimum atomic E-state index is -3.72. The van der Waals surface area contributed by atoms with Gasteiger partial charge in [-0.15, -0.1) is 0 Å². The predicted octanol–water partition coefficient (Wildman–Crippen LogP) is 5.81. The summed E-state index contributed by atoms with van der Waals surface area (Å²) in [4.78, 5) is 13.1. The van der Waals surface area contributed by atoms with Crippen LogP contribution in [0, 0.1) is 0 Å². The lowest BCUT2D eigenvalue weighted by Crippen LogP contribution is -2.48. The molecule has 7 heteroatoms. The molecule has 0 saturated carbocycles. The van der Waals surface area contributed by atoms with Crippen molar-refractivity contribution >= 4 is 21.6 Å². The van der Waals surface area contributed by atoms with Crippen LogP contribution in [0.5, 0.6) is 11.5 Å². The molecule has 0 heterocycles. The molecule has 0 aliphatic rings. The Morgan fingerprint density at radius 1 is 0.857 bits per heavy atom. The van der Waals surface area contributed by atoms with E-state index in [1.807, 2.05) is 49.4 Å². The van der Waals surface area contributed by atoms with Crippen molar-refractivity contribution in [1.82, 2.24) is 5.32 Å². The number of nitrogens with zero attached hydrogens (tertiary/aromatic N) is 1. The summed E-state index contributed by atoms with van der Waals surface area (Å²) in [6, 6.07) is 22.8. The normalized spacial score (nSPS) is 13.5. The molecule has 1 amide bonds. The Balaban J connectivity index is 1.74. The number of para-hydroxylation sites is 1. The highest BCUT2D eigenvalue weighted by molar-refractivity contribution is 7.92. The Labute approximate surface area is 209 Å². The van der Waals surface area contributed by atoms with Crippen molar-refractivity contribution in [3.63, 3.8) is 0 Å². The third kappa shape index (κ3) is 6.85. The number of carbonyl (C=O) groups is 1. The second-order valence-corrected chi connectivity index (χ2v) is 11.6. The third-order valence-corrected chi connectivity index (χ3v) is 7.04. The van der Waals surface area contributed by atoms with Crippen molar-refractivity contribution in [1.29, 1.82) is 0 Å². The third-order valence-electron chi connectivity index (χ3n) is 5.79. The van der Waals surface area contributed by atoms with Gasteiger partial charge in [-0.1, -0.05) is 63.2 Å². The van der Waals surface area contributed by atoms with Crippen molar-refractivity contribution in [3.8, 4) is 11.5 Å². The van der Waals surface area contributed by atoms with Gasteiger partial charge < -0.3 is 10.1 Å². The van der Waals surface area contributed by atoms with Gasteiger partial charge in [0.25, 0.3) is 0 Å². The van der Waals surface area contributed by atoms with Gasteiger partial charge >= 0.3 is 0 Å². The van der Waals surface area contributed by atoms with E-state index < -0.39 is 16.1 Å². The molecule has 0 aliphatic carbocycles. The molecular weight excluding hydrogens is 460 g/mol. The van der Waals surface area contributed by atoms with Gasteiger partial charge in [-0.25, -0.2) is 8.42 Å². The van der Waals surface area contributed by atoms with Crippen LogP contribution in [0.3, 0.4) is 0 Å². The number of rotatable bonds is 8. The van der Waals surface area contributed by atoms with E-state index in [9.17, 15) is 13.2 Å². The van der Waals surface area contributed by atoms with Gasteiger partial charge in [-0.05, 0) is 66.8 Å². The van der Waals surface area contributed by atoms with Gasteiger partial charge in [0.15, 0.2) is 0 Å². The molecule has 6 nitrogen and oxygen atoms in total. The molecule has 186 valence electrons. The van der Waals surface area contributed by atoms with Crippen molar-refractivity contribution in [2.24, 2.45) is 0 Å². The minimum absolute atomic E-state index is 0.0389. The summed E-state index contributed by atoms with van der Waals surface area (Å²) in [5.74, 6) is 0.864. The van der Waals surface area contributed by atoms with E-state index in [1.54, 1.807) is 31.2 Å². The second-order valence-electron chi connectivity index (χ2n) is 9.75. The van der Waals surface area contributed by atoms with Crippen molar-refractivity contribution in [2.75, 3.05) is 10.6 Å². The van der Waals surface area contributed by atoms with Crippen LogP contribution in [0.1, 0.15) is 51.8 Å². The largest absolute Gasteiger partial charge is 0.457 e. The Morgan fingerprint density at radius 3 is 1.91 bits per heavy atom. The lowest BCUT2D eigenvalue weighted by Gasteiger charge is -2.29. The van der Waals surface area contributed by atoms with Crippen LogP contribution in [0.25, 0.3) is 0 Å². The van der Waals surface area contributed by atoms with E-state index >= 15 is 0 Å². The number of hydrogen-bond acceptors (Lipinski definition) is 4. The van der Waals surface area contributed by atoms with Crippen LogP contribution >= 0.6 is 0 Å². The molecule has 3 aromatic carbocycles. The van der Waals surface area contributed by atoms with Gasteiger partial charge in [-0.3, -0.25) is 9.10 Å². The molecule has 0 radical (unpaired) electrons. The summed E-state index contributed by atoms with van der Waals surface area (Å²) < 4.78 is 32.2. The first kappa shape index (κ1) is 26.3. The van der Waals surface area contributed by atoms with E-state index in [2.05, 4.69) is 38.2 Å². The zero-order valence-electron chi connectivity index (χ0n) is 21.1.